The number of aryl methyl sites for hydroxylation is 2. The minimum absolute atomic E-state index is 0.0508. The summed E-state index contributed by atoms with van der Waals surface area (Å²) in [7, 11) is -3.27. The Hall–Kier alpha value is -2.67. The number of benzene rings is 2. The van der Waals surface area contributed by atoms with Crippen LogP contribution >= 0.6 is 0 Å². The number of sulfone groups is 1. The van der Waals surface area contributed by atoms with E-state index in [9.17, 15) is 18.0 Å². The third-order valence-corrected chi connectivity index (χ3v) is 6.04. The summed E-state index contributed by atoms with van der Waals surface area (Å²) >= 11 is 0. The Bertz CT molecular complexity index is 1030. The molecule has 7 heteroatoms. The first-order valence-electron chi connectivity index (χ1n) is 9.10. The van der Waals surface area contributed by atoms with Crippen LogP contribution in [0.3, 0.4) is 0 Å². The molecule has 2 amide bonds. The van der Waals surface area contributed by atoms with Crippen LogP contribution in [0.2, 0.25) is 0 Å². The van der Waals surface area contributed by atoms with Crippen LogP contribution < -0.4 is 5.32 Å². The Morgan fingerprint density at radius 1 is 1.14 bits per heavy atom. The van der Waals surface area contributed by atoms with Crippen molar-refractivity contribution in [2.45, 2.75) is 32.9 Å². The summed E-state index contributed by atoms with van der Waals surface area (Å²) in [6.07, 6.45) is 1.18. The maximum absolute atomic E-state index is 13.0. The normalized spacial score (nSPS) is 14.7. The van der Waals surface area contributed by atoms with E-state index in [1.165, 1.54) is 4.90 Å². The highest BCUT2D eigenvalue weighted by atomic mass is 32.2. The third-order valence-electron chi connectivity index (χ3n) is 5.06. The number of fused-ring (bicyclic) bond motifs is 1. The Kier molecular flexibility index (Phi) is 5.56. The zero-order chi connectivity index (χ0) is 20.5. The molecule has 1 N–H and O–H groups in total. The molecule has 3 rings (SSSR count). The number of carbonyl (C=O) groups excluding carboxylic acids is 2. The van der Waals surface area contributed by atoms with Gasteiger partial charge in [-0.15, -0.1) is 0 Å². The minimum Gasteiger partial charge on any atom is -0.324 e. The van der Waals surface area contributed by atoms with Gasteiger partial charge in [0.05, 0.1) is 5.75 Å². The molecule has 0 aliphatic carbocycles. The number of hydrogen-bond acceptors (Lipinski definition) is 4. The Balaban J connectivity index is 1.85. The van der Waals surface area contributed by atoms with Crippen molar-refractivity contribution < 1.29 is 18.0 Å². The smallest absolute Gasteiger partial charge is 0.255 e. The average Bonchev–Trinajstić information content (AvgIpc) is 2.94. The predicted molar refractivity (Wildman–Crippen MR) is 109 cm³/mol. The van der Waals surface area contributed by atoms with E-state index in [2.05, 4.69) is 5.32 Å². The minimum atomic E-state index is -3.27. The number of hydrogen-bond donors (Lipinski definition) is 1. The molecule has 0 spiro atoms. The maximum Gasteiger partial charge on any atom is 0.255 e. The van der Waals surface area contributed by atoms with Gasteiger partial charge < -0.3 is 10.2 Å². The average molecular weight is 401 g/mol. The molecule has 0 radical (unpaired) electrons. The number of nitrogens with zero attached hydrogens (tertiary/aromatic N) is 1. The first-order chi connectivity index (χ1) is 13.2. The summed E-state index contributed by atoms with van der Waals surface area (Å²) in [5, 5.41) is 2.84. The van der Waals surface area contributed by atoms with Gasteiger partial charge in [-0.25, -0.2) is 8.42 Å². The van der Waals surface area contributed by atoms with Crippen molar-refractivity contribution in [1.29, 1.82) is 0 Å². The molecule has 6 nitrogen and oxygen atoms in total. The molecule has 2 aromatic carbocycles. The summed E-state index contributed by atoms with van der Waals surface area (Å²) in [6.45, 7) is 4.23. The fourth-order valence-electron chi connectivity index (χ4n) is 3.33. The number of amides is 2. The lowest BCUT2D eigenvalue weighted by molar-refractivity contribution is -0.120. The highest BCUT2D eigenvalue weighted by molar-refractivity contribution is 7.90. The van der Waals surface area contributed by atoms with Gasteiger partial charge in [-0.1, -0.05) is 24.3 Å². The van der Waals surface area contributed by atoms with Gasteiger partial charge in [0.1, 0.15) is 15.9 Å². The topological polar surface area (TPSA) is 83.6 Å². The van der Waals surface area contributed by atoms with E-state index in [-0.39, 0.29) is 24.0 Å². The van der Waals surface area contributed by atoms with Crippen LogP contribution in [0.15, 0.2) is 42.5 Å². The second-order valence-electron chi connectivity index (χ2n) is 7.31. The molecule has 0 aromatic heterocycles. The Morgan fingerprint density at radius 2 is 1.86 bits per heavy atom. The van der Waals surface area contributed by atoms with Crippen LogP contribution in [0.1, 0.15) is 33.5 Å². The molecule has 1 aliphatic heterocycles. The quantitative estimate of drug-likeness (QED) is 0.808. The predicted octanol–water partition coefficient (Wildman–Crippen LogP) is 2.70. The molecule has 0 saturated carbocycles. The van der Waals surface area contributed by atoms with Crippen molar-refractivity contribution in [1.82, 2.24) is 4.90 Å². The van der Waals surface area contributed by atoms with E-state index in [0.29, 0.717) is 17.8 Å². The van der Waals surface area contributed by atoms with E-state index >= 15 is 0 Å². The lowest BCUT2D eigenvalue weighted by Crippen LogP contribution is -2.45. The molecular formula is C21H24N2O4S. The van der Waals surface area contributed by atoms with Gasteiger partial charge in [0.2, 0.25) is 5.91 Å². The Labute approximate surface area is 165 Å². The van der Waals surface area contributed by atoms with Gasteiger partial charge in [0, 0.05) is 24.1 Å². The molecule has 1 heterocycles. The zero-order valence-electron chi connectivity index (χ0n) is 16.2. The van der Waals surface area contributed by atoms with Crippen molar-refractivity contribution in [3.63, 3.8) is 0 Å². The van der Waals surface area contributed by atoms with Gasteiger partial charge in [-0.05, 0) is 55.2 Å². The van der Waals surface area contributed by atoms with Crippen molar-refractivity contribution in [3.8, 4) is 0 Å². The highest BCUT2D eigenvalue weighted by Crippen LogP contribution is 2.26. The second-order valence-corrected chi connectivity index (χ2v) is 9.57. The SMILES string of the molecule is Cc1ccc(NC(=O)C(CCS(C)(=O)=O)N2Cc3ccccc3C2=O)cc1C. The number of rotatable bonds is 6. The van der Waals surface area contributed by atoms with Crippen LogP contribution in [0.4, 0.5) is 5.69 Å². The van der Waals surface area contributed by atoms with Crippen molar-refractivity contribution >= 4 is 27.3 Å². The molecular weight excluding hydrogens is 376 g/mol. The lowest BCUT2D eigenvalue weighted by Gasteiger charge is -2.27. The monoisotopic (exact) mass is 400 g/mol. The van der Waals surface area contributed by atoms with Crippen LogP contribution in [0, 0.1) is 13.8 Å². The third kappa shape index (κ3) is 4.42. The van der Waals surface area contributed by atoms with Gasteiger partial charge in [-0.3, -0.25) is 9.59 Å². The summed E-state index contributed by atoms with van der Waals surface area (Å²) < 4.78 is 23.4. The number of carbonyl (C=O) groups is 2. The standard InChI is InChI=1S/C21H24N2O4S/c1-14-8-9-17(12-15(14)2)22-20(24)19(10-11-28(3,26)27)23-13-16-6-4-5-7-18(16)21(23)25/h4-9,12,19H,10-11,13H2,1-3H3,(H,22,24). The summed E-state index contributed by atoms with van der Waals surface area (Å²) in [4.78, 5) is 27.3. The van der Waals surface area contributed by atoms with E-state index in [1.807, 2.05) is 38.1 Å². The summed E-state index contributed by atoms with van der Waals surface area (Å²) in [5.41, 5.74) is 4.18. The second kappa shape index (κ2) is 7.75. The van der Waals surface area contributed by atoms with E-state index in [1.54, 1.807) is 18.2 Å². The summed E-state index contributed by atoms with van der Waals surface area (Å²) in [5.74, 6) is -0.796. The highest BCUT2D eigenvalue weighted by Gasteiger charge is 2.36. The van der Waals surface area contributed by atoms with Crippen molar-refractivity contribution in [3.05, 3.63) is 64.7 Å². The molecule has 0 fully saturated rings. The van der Waals surface area contributed by atoms with Gasteiger partial charge >= 0.3 is 0 Å². The number of nitrogens with one attached hydrogen (secondary N) is 1. The van der Waals surface area contributed by atoms with Crippen LogP contribution in [-0.2, 0) is 21.2 Å². The summed E-state index contributed by atoms with van der Waals surface area (Å²) in [6, 6.07) is 11.9. The maximum atomic E-state index is 13.0. The molecule has 28 heavy (non-hydrogen) atoms. The lowest BCUT2D eigenvalue weighted by atomic mass is 10.1. The van der Waals surface area contributed by atoms with E-state index in [4.69, 9.17) is 0 Å². The fourth-order valence-corrected chi connectivity index (χ4v) is 3.98. The van der Waals surface area contributed by atoms with Gasteiger partial charge in [0.15, 0.2) is 0 Å². The van der Waals surface area contributed by atoms with E-state index < -0.39 is 15.9 Å². The van der Waals surface area contributed by atoms with Crippen molar-refractivity contribution in [2.24, 2.45) is 0 Å². The molecule has 1 unspecified atom stereocenters. The molecule has 148 valence electrons. The molecule has 0 bridgehead atoms. The zero-order valence-corrected chi connectivity index (χ0v) is 17.0. The van der Waals surface area contributed by atoms with Crippen molar-refractivity contribution in [2.75, 3.05) is 17.3 Å². The van der Waals surface area contributed by atoms with Gasteiger partial charge in [-0.2, -0.15) is 0 Å². The van der Waals surface area contributed by atoms with E-state index in [0.717, 1.165) is 22.9 Å². The van der Waals surface area contributed by atoms with Crippen LogP contribution in [0.25, 0.3) is 0 Å². The van der Waals surface area contributed by atoms with Crippen LogP contribution in [0.5, 0.6) is 0 Å². The molecule has 1 aliphatic rings. The fraction of sp³-hybridized carbons (Fsp3) is 0.333. The van der Waals surface area contributed by atoms with Gasteiger partial charge in [0.25, 0.3) is 5.91 Å². The number of anilines is 1. The first kappa shape index (κ1) is 20.1. The molecule has 0 saturated heterocycles. The largest absolute Gasteiger partial charge is 0.324 e. The Morgan fingerprint density at radius 3 is 2.50 bits per heavy atom. The molecule has 2 aromatic rings. The first-order valence-corrected chi connectivity index (χ1v) is 11.2. The van der Waals surface area contributed by atoms with Crippen LogP contribution in [-0.4, -0.2) is 43.2 Å². The molecule has 1 atom stereocenters.